The molecule has 19 heterocycles. The number of rotatable bonds is 8. The monoisotopic (exact) mass is 1760 g/mol. The largest absolute Gasteiger partial charge is 0.390 e. The third-order valence-corrected chi connectivity index (χ3v) is 29.5. The van der Waals surface area contributed by atoms with Crippen molar-refractivity contribution in [2.24, 2.45) is 28.7 Å². The van der Waals surface area contributed by atoms with Crippen molar-refractivity contribution in [1.29, 1.82) is 0 Å². The molecule has 16 aromatic rings. The highest BCUT2D eigenvalue weighted by molar-refractivity contribution is 9.10. The van der Waals surface area contributed by atoms with E-state index < -0.39 is 70.5 Å². The molecule has 15 aromatic heterocycles. The highest BCUT2D eigenvalue weighted by Crippen LogP contribution is 2.60. The van der Waals surface area contributed by atoms with Gasteiger partial charge in [0.05, 0.1) is 158 Å². The Kier molecular flexibility index (Phi) is 20.0. The lowest BCUT2D eigenvalue weighted by Gasteiger charge is -2.26. The molecule has 4 aliphatic carbocycles. The summed E-state index contributed by atoms with van der Waals surface area (Å²) in [5.41, 5.74) is 14.3. The van der Waals surface area contributed by atoms with Gasteiger partial charge in [0, 0.05) is 99.8 Å². The first-order chi connectivity index (χ1) is 59.8. The smallest absolute Gasteiger partial charge is 0.143 e. The molecule has 640 valence electrons. The van der Waals surface area contributed by atoms with Gasteiger partial charge in [0.1, 0.15) is 99.0 Å². The summed E-state index contributed by atoms with van der Waals surface area (Å²) < 4.78 is 41.2. The van der Waals surface area contributed by atoms with Crippen LogP contribution in [-0.4, -0.2) is 212 Å². The topological polar surface area (TPSA) is 391 Å². The molecule has 8 aliphatic rings. The Morgan fingerprint density at radius 2 is 0.742 bits per heavy atom. The van der Waals surface area contributed by atoms with Crippen molar-refractivity contribution >= 4 is 99.6 Å². The highest BCUT2D eigenvalue weighted by Gasteiger charge is 2.61. The Bertz CT molecular complexity index is 6120. The van der Waals surface area contributed by atoms with Gasteiger partial charge < -0.3 is 87.0 Å². The lowest BCUT2D eigenvalue weighted by Crippen LogP contribution is -2.37. The minimum absolute atomic E-state index is 0.127. The molecule has 0 radical (unpaired) electrons. The zero-order valence-electron chi connectivity index (χ0n) is 68.8. The van der Waals surface area contributed by atoms with Gasteiger partial charge in [-0.1, -0.05) is 17.7 Å². The van der Waals surface area contributed by atoms with Crippen molar-refractivity contribution in [2.75, 3.05) is 26.4 Å². The van der Waals surface area contributed by atoms with Crippen LogP contribution in [0.5, 0.6) is 0 Å². The summed E-state index contributed by atoms with van der Waals surface area (Å²) in [5.74, 6) is 0. The van der Waals surface area contributed by atoms with Crippen LogP contribution in [0.3, 0.4) is 0 Å². The number of aromatic nitrogens is 20. The first kappa shape index (κ1) is 80.6. The zero-order valence-corrected chi connectivity index (χ0v) is 71.1. The van der Waals surface area contributed by atoms with Gasteiger partial charge in [-0.05, 0) is 197 Å². The molecular weight excluding hydrogens is 1670 g/mol. The van der Waals surface area contributed by atoms with E-state index in [4.69, 9.17) is 30.5 Å². The summed E-state index contributed by atoms with van der Waals surface area (Å²) in [7, 11) is 1.98. The van der Waals surface area contributed by atoms with Crippen LogP contribution in [0, 0.1) is 56.3 Å². The molecule has 4 spiro atoms. The number of imidazole rings is 4. The van der Waals surface area contributed by atoms with Crippen LogP contribution in [0.15, 0.2) is 177 Å². The Morgan fingerprint density at radius 3 is 1.15 bits per heavy atom. The van der Waals surface area contributed by atoms with Gasteiger partial charge in [-0.2, -0.15) is 0 Å². The molecule has 0 unspecified atom stereocenters. The number of hydrogen-bond acceptors (Lipinski definition) is 24. The molecule has 4 saturated carbocycles. The van der Waals surface area contributed by atoms with E-state index in [2.05, 4.69) is 93.9 Å². The van der Waals surface area contributed by atoms with Crippen LogP contribution in [0.2, 0.25) is 5.15 Å². The van der Waals surface area contributed by atoms with Crippen molar-refractivity contribution in [3.05, 3.63) is 233 Å². The number of ether oxygens (including phenoxy) is 4. The molecule has 8 N–H and O–H groups in total. The molecule has 24 rings (SSSR count). The Labute approximate surface area is 722 Å². The van der Waals surface area contributed by atoms with Crippen molar-refractivity contribution in [3.8, 4) is 0 Å². The maximum Gasteiger partial charge on any atom is 0.143 e. The van der Waals surface area contributed by atoms with Crippen LogP contribution >= 0.6 is 27.5 Å². The lowest BCUT2D eigenvalue weighted by molar-refractivity contribution is -0.0309. The molecule has 124 heavy (non-hydrogen) atoms. The Hall–Kier alpha value is -10.5. The number of aryl methyl sites for hydroxylation is 6. The van der Waals surface area contributed by atoms with Gasteiger partial charge in [0.2, 0.25) is 0 Å². The minimum atomic E-state index is -0.901. The Morgan fingerprint density at radius 1 is 0.387 bits per heavy atom. The fourth-order valence-corrected chi connectivity index (χ4v) is 22.3. The average Bonchev–Trinajstić information content (AvgIpc) is 1.59. The van der Waals surface area contributed by atoms with Gasteiger partial charge in [-0.3, -0.25) is 8.80 Å². The third kappa shape index (κ3) is 13.3. The quantitative estimate of drug-likeness (QED) is 0.0700. The number of pyridine rings is 3. The van der Waals surface area contributed by atoms with Gasteiger partial charge in [-0.25, -0.2) is 59.8 Å². The van der Waals surface area contributed by atoms with Gasteiger partial charge in [0.25, 0.3) is 0 Å². The lowest BCUT2D eigenvalue weighted by atomic mass is 9.80. The molecule has 4 saturated heterocycles. The van der Waals surface area contributed by atoms with Crippen LogP contribution < -0.4 is 0 Å². The van der Waals surface area contributed by atoms with Gasteiger partial charge in [0.15, 0.2) is 0 Å². The van der Waals surface area contributed by atoms with Crippen molar-refractivity contribution in [3.63, 3.8) is 0 Å². The molecule has 0 amide bonds. The second-order valence-electron chi connectivity index (χ2n) is 35.7. The fraction of sp³-hybridized carbons (Fsp3) is 0.422. The zero-order chi connectivity index (χ0) is 85.3. The number of fused-ring (bicyclic) bond motifs is 8. The summed E-state index contributed by atoms with van der Waals surface area (Å²) in [6, 6.07) is 25.1. The van der Waals surface area contributed by atoms with Crippen molar-refractivity contribution < 1.29 is 59.8 Å². The maximum absolute atomic E-state index is 11.1. The molecule has 32 nitrogen and oxygen atoms in total. The van der Waals surface area contributed by atoms with Crippen molar-refractivity contribution in [2.45, 2.75) is 183 Å². The first-order valence-electron chi connectivity index (χ1n) is 42.0. The van der Waals surface area contributed by atoms with Gasteiger partial charge in [-0.15, -0.1) is 0 Å². The minimum Gasteiger partial charge on any atom is -0.390 e. The van der Waals surface area contributed by atoms with E-state index in [1.165, 1.54) is 6.33 Å². The number of benzene rings is 1. The van der Waals surface area contributed by atoms with Crippen LogP contribution in [0.4, 0.5) is 0 Å². The number of nitrogens with zero attached hydrogens (tertiary/aromatic N) is 20. The number of aliphatic hydroxyl groups excluding tert-OH is 8. The molecule has 1 aromatic carbocycles. The summed E-state index contributed by atoms with van der Waals surface area (Å²) in [6.45, 7) is 11.4. The number of halogens is 2. The van der Waals surface area contributed by atoms with Gasteiger partial charge >= 0.3 is 0 Å². The predicted molar refractivity (Wildman–Crippen MR) is 458 cm³/mol. The first-order valence-corrected chi connectivity index (χ1v) is 43.2. The average molecular weight is 1760 g/mol. The van der Waals surface area contributed by atoms with E-state index in [1.807, 2.05) is 184 Å². The van der Waals surface area contributed by atoms with E-state index in [-0.39, 0.29) is 48.6 Å². The standard InChI is InChI=1S/2C23H25N5O3.C22H22BrN5O3.C22H22ClN5O3/c1-13-10-27-5-3-15(7-19(27)26-13)18-9-23(11-31-18)8-17(20(29)21(23)30)28-6-4-16-14(2)24-12-25-22(16)28;1-13-15-5-6-28(22(15)25-11-24-13)18-8-23(21(30)20(18)29)9-19(31-10-23)14-3-4-17-16(7-14)26-12-27(17)2;2*1-12-14-3-5-27(21(14)26-11-25-12)15-7-22(20(30)19(15)29)8-16(31-10-22)13-2-4-28-17(23)9-24-18(28)6-13/h3-7,10,12,17-18,20-21,29-30H,8-9,11H2,1-2H3;3-7,11-12,18-21,29-30H,8-10H2,1-2H3;2*2-6,9,11,15-16,19-20,29-30H,7-8,10H2,1H3/t17-,18-,20+,21+,23-;18-,19-,20+,21+,23-;2*15-,16-,19+,20+,22-/m1111/s1. The molecule has 4 aliphatic heterocycles. The fourth-order valence-electron chi connectivity index (χ4n) is 21.7. The predicted octanol–water partition coefficient (Wildman–Crippen LogP) is 10.8. The van der Waals surface area contributed by atoms with Crippen LogP contribution in [0.1, 0.15) is 151 Å². The van der Waals surface area contributed by atoms with Crippen LogP contribution in [-0.2, 0) is 26.0 Å². The maximum atomic E-state index is 11.1. The molecule has 0 bridgehead atoms. The summed E-state index contributed by atoms with van der Waals surface area (Å²) in [5, 5.41) is 92.7. The summed E-state index contributed by atoms with van der Waals surface area (Å²) in [4.78, 5) is 52.4. The van der Waals surface area contributed by atoms with Crippen molar-refractivity contribution in [1.82, 2.24) is 95.8 Å². The SMILES string of the molecule is Cc1cn2ccc([C@H]3C[C@@]4(CO3)C[C@@H](n3ccc5c(C)ncnc53)[C@H](O)[C@@H]4O)cc2n1.Cc1ncnc2c1ccn2[C@@H]1C[C@@]2(CO[C@@H](c3ccc4c(c3)ncn4C)C2)[C@@H](O)[C@H]1O.Cc1ncnc2c1ccn2[C@@H]1C[C@@]2(CO[C@@H](c3ccn4c(Br)cnc4c3)C2)[C@@H](O)[C@H]1O.Cc1ncnc2c1ccn2[C@@H]1C[C@@]2(CO[C@@H](c3ccn4c(Cl)cnc4c3)C2)[C@@H](O)[C@H]1O. The Balaban J connectivity index is 0.000000101. The van der Waals surface area contributed by atoms with E-state index in [0.717, 1.165) is 127 Å². The van der Waals surface area contributed by atoms with E-state index in [9.17, 15) is 40.9 Å². The number of aliphatic hydroxyl groups is 8. The van der Waals surface area contributed by atoms with E-state index in [1.54, 1.807) is 42.1 Å². The molecular formula is C90H94BrClN20O12. The highest BCUT2D eigenvalue weighted by atomic mass is 79.9. The second kappa shape index (κ2) is 30.7. The summed E-state index contributed by atoms with van der Waals surface area (Å²) in [6.07, 6.45) is 24.4. The summed E-state index contributed by atoms with van der Waals surface area (Å²) >= 11 is 9.61. The normalized spacial score (nSPS) is 30.8. The second-order valence-corrected chi connectivity index (χ2v) is 36.9. The molecule has 20 atom stereocenters. The molecule has 8 fully saturated rings. The molecule has 34 heteroatoms. The van der Waals surface area contributed by atoms with E-state index >= 15 is 0 Å². The third-order valence-electron chi connectivity index (χ3n) is 28.6. The van der Waals surface area contributed by atoms with Crippen LogP contribution in [0.25, 0.3) is 72.1 Å². The number of hydrogen-bond donors (Lipinski definition) is 8. The van der Waals surface area contributed by atoms with E-state index in [0.29, 0.717) is 82.9 Å².